The predicted octanol–water partition coefficient (Wildman–Crippen LogP) is 6.04. The summed E-state index contributed by atoms with van der Waals surface area (Å²) in [7, 11) is 0. The van der Waals surface area contributed by atoms with Crippen LogP contribution in [0, 0.1) is 6.42 Å². The standard InChI is InChI=1S/C23H15/c1-2-6-16-10-12-22(20(16)8-3-1)18-11-13-23-19(15-18)14-17-7-4-5-9-21(17)23/h1-15H. The van der Waals surface area contributed by atoms with Crippen LogP contribution in [-0.2, 0) is 0 Å². The largest absolute Gasteiger partial charge is 0.0622 e. The average molecular weight is 291 g/mol. The first-order valence-corrected chi connectivity index (χ1v) is 7.96. The van der Waals surface area contributed by atoms with Gasteiger partial charge in [0.05, 0.1) is 0 Å². The topological polar surface area (TPSA) is 0 Å². The van der Waals surface area contributed by atoms with Gasteiger partial charge >= 0.3 is 0 Å². The lowest BCUT2D eigenvalue weighted by Gasteiger charge is -2.06. The number of hydrogen-bond acceptors (Lipinski definition) is 0. The van der Waals surface area contributed by atoms with Gasteiger partial charge in [0.1, 0.15) is 0 Å². The Bertz CT molecular complexity index is 994. The number of benzene rings is 2. The first kappa shape index (κ1) is 12.7. The zero-order chi connectivity index (χ0) is 15.2. The van der Waals surface area contributed by atoms with Crippen LogP contribution in [0.15, 0.2) is 84.9 Å². The van der Waals surface area contributed by atoms with Gasteiger partial charge in [0.15, 0.2) is 0 Å². The van der Waals surface area contributed by atoms with E-state index >= 15 is 0 Å². The Morgan fingerprint density at radius 3 is 2.04 bits per heavy atom. The third-order valence-electron chi connectivity index (χ3n) is 4.72. The minimum atomic E-state index is 1.29. The summed E-state index contributed by atoms with van der Waals surface area (Å²) < 4.78 is 0. The van der Waals surface area contributed by atoms with E-state index in [1.807, 2.05) is 0 Å². The van der Waals surface area contributed by atoms with Crippen LogP contribution < -0.4 is 0 Å². The second-order valence-electron chi connectivity index (χ2n) is 6.06. The maximum Gasteiger partial charge on any atom is 0.0212 e. The molecule has 0 unspecified atom stereocenters. The summed E-state index contributed by atoms with van der Waals surface area (Å²) >= 11 is 0. The van der Waals surface area contributed by atoms with Gasteiger partial charge < -0.3 is 0 Å². The molecular weight excluding hydrogens is 276 g/mol. The highest BCUT2D eigenvalue weighted by atomic mass is 14.2. The molecule has 0 heteroatoms. The van der Waals surface area contributed by atoms with Gasteiger partial charge in [0.2, 0.25) is 0 Å². The zero-order valence-corrected chi connectivity index (χ0v) is 12.7. The molecule has 0 bridgehead atoms. The fourth-order valence-corrected chi connectivity index (χ4v) is 3.60. The monoisotopic (exact) mass is 291 g/mol. The van der Waals surface area contributed by atoms with Crippen LogP contribution in [0.25, 0.3) is 33.4 Å². The summed E-state index contributed by atoms with van der Waals surface area (Å²) in [6.07, 6.45) is 2.29. The molecular formula is C23H15. The summed E-state index contributed by atoms with van der Waals surface area (Å²) in [5.41, 5.74) is 10.5. The average Bonchev–Trinajstić information content (AvgIpc) is 3.07. The fraction of sp³-hybridized carbons (Fsp3) is 0. The maximum atomic E-state index is 2.32. The third kappa shape index (κ3) is 1.92. The molecule has 2 aromatic rings. The molecule has 0 aliphatic heterocycles. The lowest BCUT2D eigenvalue weighted by Crippen LogP contribution is -1.82. The van der Waals surface area contributed by atoms with Crippen molar-refractivity contribution in [3.8, 4) is 33.4 Å². The fourth-order valence-electron chi connectivity index (χ4n) is 3.60. The Hall–Kier alpha value is -2.86. The predicted molar refractivity (Wildman–Crippen MR) is 96.4 cm³/mol. The maximum absolute atomic E-state index is 2.32. The van der Waals surface area contributed by atoms with Gasteiger partial charge in [0, 0.05) is 6.42 Å². The molecule has 1 radical (unpaired) electrons. The van der Waals surface area contributed by atoms with Crippen LogP contribution in [0.4, 0.5) is 0 Å². The van der Waals surface area contributed by atoms with Gasteiger partial charge in [-0.15, -0.1) is 0 Å². The van der Waals surface area contributed by atoms with Crippen molar-refractivity contribution in [1.29, 1.82) is 0 Å². The van der Waals surface area contributed by atoms with Crippen molar-refractivity contribution in [2.75, 3.05) is 0 Å². The smallest absolute Gasteiger partial charge is 0.0212 e. The number of hydrogen-bond donors (Lipinski definition) is 0. The van der Waals surface area contributed by atoms with E-state index in [2.05, 4.69) is 91.3 Å². The molecule has 0 nitrogen and oxygen atoms in total. The second-order valence-corrected chi connectivity index (χ2v) is 6.06. The molecule has 5 rings (SSSR count). The molecule has 23 heavy (non-hydrogen) atoms. The Morgan fingerprint density at radius 1 is 0.391 bits per heavy atom. The van der Waals surface area contributed by atoms with E-state index in [1.54, 1.807) is 0 Å². The Labute approximate surface area is 136 Å². The molecule has 0 saturated heterocycles. The van der Waals surface area contributed by atoms with Crippen LogP contribution >= 0.6 is 0 Å². The van der Waals surface area contributed by atoms with Gasteiger partial charge in [0.25, 0.3) is 0 Å². The van der Waals surface area contributed by atoms with E-state index in [-0.39, 0.29) is 0 Å². The molecule has 0 saturated carbocycles. The molecule has 0 fully saturated rings. The molecule has 0 N–H and O–H groups in total. The summed E-state index contributed by atoms with van der Waals surface area (Å²) in [4.78, 5) is 0. The Morgan fingerprint density at radius 2 is 1.04 bits per heavy atom. The second kappa shape index (κ2) is 4.82. The van der Waals surface area contributed by atoms with Crippen LogP contribution in [0.2, 0.25) is 0 Å². The lowest BCUT2D eigenvalue weighted by molar-refractivity contribution is 1.54. The molecule has 107 valence electrons. The molecule has 0 amide bonds. The minimum absolute atomic E-state index is 1.29. The van der Waals surface area contributed by atoms with Gasteiger partial charge in [-0.25, -0.2) is 0 Å². The van der Waals surface area contributed by atoms with Gasteiger partial charge in [-0.1, -0.05) is 78.9 Å². The van der Waals surface area contributed by atoms with Crippen molar-refractivity contribution in [3.05, 3.63) is 102 Å². The normalized spacial score (nSPS) is 12.2. The van der Waals surface area contributed by atoms with Crippen molar-refractivity contribution in [2.24, 2.45) is 0 Å². The summed E-state index contributed by atoms with van der Waals surface area (Å²) in [5.74, 6) is 0. The van der Waals surface area contributed by atoms with Gasteiger partial charge in [-0.2, -0.15) is 0 Å². The minimum Gasteiger partial charge on any atom is -0.0622 e. The highest BCUT2D eigenvalue weighted by Gasteiger charge is 2.19. The molecule has 3 aliphatic carbocycles. The number of fused-ring (bicyclic) bond motifs is 4. The zero-order valence-electron chi connectivity index (χ0n) is 12.7. The molecule has 0 aromatic heterocycles. The molecule has 0 heterocycles. The van der Waals surface area contributed by atoms with Gasteiger partial charge in [-0.05, 0) is 50.6 Å². The van der Waals surface area contributed by atoms with E-state index in [0.29, 0.717) is 0 Å². The SMILES string of the molecule is [CH]1c2ccccc2-c2ccc(-c3ccc4cccccc3-4)cc21. The van der Waals surface area contributed by atoms with E-state index in [4.69, 9.17) is 0 Å². The highest BCUT2D eigenvalue weighted by Crippen LogP contribution is 2.41. The van der Waals surface area contributed by atoms with Crippen LogP contribution in [0.5, 0.6) is 0 Å². The van der Waals surface area contributed by atoms with E-state index in [9.17, 15) is 0 Å². The highest BCUT2D eigenvalue weighted by molar-refractivity contribution is 5.89. The van der Waals surface area contributed by atoms with E-state index < -0.39 is 0 Å². The van der Waals surface area contributed by atoms with Crippen LogP contribution in [0.3, 0.4) is 0 Å². The van der Waals surface area contributed by atoms with Crippen molar-refractivity contribution < 1.29 is 0 Å². The molecule has 3 aliphatic rings. The molecule has 2 aromatic carbocycles. The van der Waals surface area contributed by atoms with Crippen LogP contribution in [0.1, 0.15) is 11.1 Å². The molecule has 0 atom stereocenters. The number of rotatable bonds is 1. The lowest BCUT2D eigenvalue weighted by atomic mass is 9.98. The summed E-state index contributed by atoms with van der Waals surface area (Å²) in [6.45, 7) is 0. The quantitative estimate of drug-likeness (QED) is 0.353. The Balaban J connectivity index is 1.65. The van der Waals surface area contributed by atoms with Crippen molar-refractivity contribution >= 4 is 0 Å². The van der Waals surface area contributed by atoms with Gasteiger partial charge in [-0.3, -0.25) is 0 Å². The third-order valence-corrected chi connectivity index (χ3v) is 4.72. The van der Waals surface area contributed by atoms with Crippen LogP contribution in [-0.4, -0.2) is 0 Å². The summed E-state index contributed by atoms with van der Waals surface area (Å²) in [5, 5.41) is 0. The van der Waals surface area contributed by atoms with E-state index in [0.717, 1.165) is 0 Å². The first-order valence-electron chi connectivity index (χ1n) is 7.96. The van der Waals surface area contributed by atoms with E-state index in [1.165, 1.54) is 44.5 Å². The molecule has 0 spiro atoms. The van der Waals surface area contributed by atoms with Crippen molar-refractivity contribution in [3.63, 3.8) is 0 Å². The Kier molecular flexibility index (Phi) is 2.65. The van der Waals surface area contributed by atoms with Crippen molar-refractivity contribution in [1.82, 2.24) is 0 Å². The summed E-state index contributed by atoms with van der Waals surface area (Å²) in [6, 6.07) is 30.5. The van der Waals surface area contributed by atoms with Crippen molar-refractivity contribution in [2.45, 2.75) is 0 Å². The first-order chi connectivity index (χ1) is 11.4.